The third kappa shape index (κ3) is 4.66. The summed E-state index contributed by atoms with van der Waals surface area (Å²) in [5, 5.41) is 0. The van der Waals surface area contributed by atoms with Gasteiger partial charge in [0.25, 0.3) is 5.56 Å². The van der Waals surface area contributed by atoms with Crippen LogP contribution in [0, 0.1) is 0 Å². The molecule has 1 aromatic heterocycles. The second-order valence-electron chi connectivity index (χ2n) is 9.24. The monoisotopic (exact) mass is 466 g/mol. The standard InChI is InChI=1S/C25H30N4O3S/c1-25(2,3)20-13-19(29-11-9-22(30)26-24(29)31)14-21(23(20)32-4)28-10-8-16-12-18(27-33-5)7-6-17(16)15-28/h6-7,9,11-14,27H,8,10,15H2,1-5H3,(H,26,30,31). The summed E-state index contributed by atoms with van der Waals surface area (Å²) in [6.07, 6.45) is 4.45. The van der Waals surface area contributed by atoms with Crippen molar-refractivity contribution in [2.24, 2.45) is 0 Å². The van der Waals surface area contributed by atoms with E-state index in [1.165, 1.54) is 28.0 Å². The Kier molecular flexibility index (Phi) is 6.30. The zero-order valence-electron chi connectivity index (χ0n) is 19.7. The lowest BCUT2D eigenvalue weighted by Gasteiger charge is -2.34. The van der Waals surface area contributed by atoms with Gasteiger partial charge < -0.3 is 14.4 Å². The molecule has 8 heteroatoms. The lowest BCUT2D eigenvalue weighted by molar-refractivity contribution is 0.396. The lowest BCUT2D eigenvalue weighted by atomic mass is 9.85. The van der Waals surface area contributed by atoms with Gasteiger partial charge in [0.1, 0.15) is 5.75 Å². The normalized spacial score (nSPS) is 13.5. The summed E-state index contributed by atoms with van der Waals surface area (Å²) >= 11 is 1.59. The number of hydrogen-bond donors (Lipinski definition) is 2. The fraction of sp³-hybridized carbons (Fsp3) is 0.360. The molecule has 0 saturated heterocycles. The third-order valence-electron chi connectivity index (χ3n) is 5.95. The van der Waals surface area contributed by atoms with Crippen LogP contribution in [0.2, 0.25) is 0 Å². The number of methoxy groups -OCH3 is 1. The topological polar surface area (TPSA) is 79.4 Å². The molecular formula is C25H30N4O3S. The molecule has 2 aromatic carbocycles. The maximum Gasteiger partial charge on any atom is 0.332 e. The van der Waals surface area contributed by atoms with E-state index in [-0.39, 0.29) is 5.41 Å². The number of aromatic amines is 1. The molecule has 2 N–H and O–H groups in total. The fourth-order valence-corrected chi connectivity index (χ4v) is 4.67. The van der Waals surface area contributed by atoms with Gasteiger partial charge in [0.05, 0.1) is 18.5 Å². The molecule has 7 nitrogen and oxygen atoms in total. The predicted molar refractivity (Wildman–Crippen MR) is 136 cm³/mol. The fourth-order valence-electron chi connectivity index (χ4n) is 4.30. The molecule has 2 heterocycles. The minimum Gasteiger partial charge on any atom is -0.494 e. The highest BCUT2D eigenvalue weighted by Crippen LogP contribution is 2.42. The largest absolute Gasteiger partial charge is 0.494 e. The van der Waals surface area contributed by atoms with Gasteiger partial charge in [0.15, 0.2) is 0 Å². The van der Waals surface area contributed by atoms with Crippen LogP contribution in [0.5, 0.6) is 5.75 Å². The van der Waals surface area contributed by atoms with Crippen LogP contribution < -0.4 is 25.6 Å². The molecule has 0 amide bonds. The Morgan fingerprint density at radius 2 is 1.88 bits per heavy atom. The second-order valence-corrected chi connectivity index (χ2v) is 9.85. The van der Waals surface area contributed by atoms with Gasteiger partial charge in [-0.25, -0.2) is 4.79 Å². The number of H-pyrrole nitrogens is 1. The van der Waals surface area contributed by atoms with E-state index in [0.29, 0.717) is 5.69 Å². The van der Waals surface area contributed by atoms with Crippen LogP contribution in [0.1, 0.15) is 37.5 Å². The number of hydrogen-bond acceptors (Lipinski definition) is 6. The Bertz CT molecular complexity index is 1290. The smallest absolute Gasteiger partial charge is 0.332 e. The first-order valence-electron chi connectivity index (χ1n) is 10.9. The molecule has 0 spiro atoms. The van der Waals surface area contributed by atoms with E-state index >= 15 is 0 Å². The van der Waals surface area contributed by atoms with Gasteiger partial charge in [-0.2, -0.15) is 0 Å². The maximum atomic E-state index is 12.5. The summed E-state index contributed by atoms with van der Waals surface area (Å²) in [6, 6.07) is 11.8. The number of fused-ring (bicyclic) bond motifs is 1. The highest BCUT2D eigenvalue weighted by Gasteiger charge is 2.27. The van der Waals surface area contributed by atoms with E-state index in [1.54, 1.807) is 19.1 Å². The summed E-state index contributed by atoms with van der Waals surface area (Å²) in [5.74, 6) is 0.813. The van der Waals surface area contributed by atoms with E-state index in [9.17, 15) is 9.59 Å². The molecular weight excluding hydrogens is 436 g/mol. The number of ether oxygens (including phenoxy) is 1. The van der Waals surface area contributed by atoms with E-state index < -0.39 is 11.2 Å². The number of nitrogens with one attached hydrogen (secondary N) is 2. The van der Waals surface area contributed by atoms with Crippen LogP contribution >= 0.6 is 11.9 Å². The molecule has 0 aliphatic carbocycles. The van der Waals surface area contributed by atoms with Gasteiger partial charge in [-0.3, -0.25) is 14.3 Å². The zero-order valence-corrected chi connectivity index (χ0v) is 20.5. The molecule has 174 valence electrons. The quantitative estimate of drug-likeness (QED) is 0.552. The van der Waals surface area contributed by atoms with Gasteiger partial charge >= 0.3 is 5.69 Å². The van der Waals surface area contributed by atoms with Gasteiger partial charge in [0.2, 0.25) is 0 Å². The average molecular weight is 467 g/mol. The summed E-state index contributed by atoms with van der Waals surface area (Å²) in [5.41, 5.74) is 5.28. The molecule has 1 aliphatic rings. The average Bonchev–Trinajstić information content (AvgIpc) is 2.77. The van der Waals surface area contributed by atoms with Gasteiger partial charge in [-0.05, 0) is 47.2 Å². The SMILES string of the molecule is COc1c(N2CCc3cc(NSC)ccc3C2)cc(-n2ccc(=O)[nH]c2=O)cc1C(C)(C)C. The van der Waals surface area contributed by atoms with Crippen molar-refractivity contribution in [2.75, 3.05) is 29.5 Å². The Balaban J connectivity index is 1.83. The van der Waals surface area contributed by atoms with Crippen molar-refractivity contribution in [2.45, 2.75) is 39.2 Å². The highest BCUT2D eigenvalue weighted by molar-refractivity contribution is 7.99. The Labute approximate surface area is 197 Å². The number of nitrogens with zero attached hydrogens (tertiary/aromatic N) is 2. The molecule has 0 unspecified atom stereocenters. The molecule has 3 aromatic rings. The van der Waals surface area contributed by atoms with Crippen molar-refractivity contribution in [3.05, 3.63) is 80.1 Å². The van der Waals surface area contributed by atoms with Crippen LogP contribution in [0.25, 0.3) is 5.69 Å². The van der Waals surface area contributed by atoms with Crippen LogP contribution in [-0.4, -0.2) is 29.5 Å². The zero-order chi connectivity index (χ0) is 23.8. The first-order valence-corrected chi connectivity index (χ1v) is 12.1. The van der Waals surface area contributed by atoms with E-state index in [4.69, 9.17) is 4.74 Å². The Morgan fingerprint density at radius 3 is 2.55 bits per heavy atom. The number of rotatable bonds is 5. The molecule has 0 radical (unpaired) electrons. The van der Waals surface area contributed by atoms with Crippen molar-refractivity contribution < 1.29 is 4.74 Å². The molecule has 0 fully saturated rings. The first-order chi connectivity index (χ1) is 15.7. The van der Waals surface area contributed by atoms with Crippen LogP contribution in [0.15, 0.2) is 52.2 Å². The van der Waals surface area contributed by atoms with Crippen LogP contribution in [-0.2, 0) is 18.4 Å². The number of aromatic nitrogens is 2. The highest BCUT2D eigenvalue weighted by atomic mass is 32.2. The van der Waals surface area contributed by atoms with E-state index in [1.807, 2.05) is 18.4 Å². The molecule has 4 rings (SSSR count). The van der Waals surface area contributed by atoms with Crippen LogP contribution in [0.3, 0.4) is 0 Å². The summed E-state index contributed by atoms with van der Waals surface area (Å²) < 4.78 is 10.7. The number of anilines is 2. The van der Waals surface area contributed by atoms with Crippen molar-refractivity contribution in [3.8, 4) is 11.4 Å². The van der Waals surface area contributed by atoms with Crippen molar-refractivity contribution >= 4 is 23.3 Å². The van der Waals surface area contributed by atoms with Gasteiger partial charge in [0, 0.05) is 42.9 Å². The first kappa shape index (κ1) is 23.0. The predicted octanol–water partition coefficient (Wildman–Crippen LogP) is 4.08. The van der Waals surface area contributed by atoms with Crippen molar-refractivity contribution in [3.63, 3.8) is 0 Å². The van der Waals surface area contributed by atoms with Gasteiger partial charge in [-0.1, -0.05) is 38.8 Å². The maximum absolute atomic E-state index is 12.5. The second kappa shape index (κ2) is 9.02. The number of benzene rings is 2. The summed E-state index contributed by atoms with van der Waals surface area (Å²) in [7, 11) is 1.69. The summed E-state index contributed by atoms with van der Waals surface area (Å²) in [4.78, 5) is 28.8. The Hall–Kier alpha value is -3.13. The molecule has 0 atom stereocenters. The van der Waals surface area contributed by atoms with E-state index in [0.717, 1.165) is 42.2 Å². The minimum absolute atomic E-state index is 0.214. The van der Waals surface area contributed by atoms with Gasteiger partial charge in [-0.15, -0.1) is 0 Å². The van der Waals surface area contributed by atoms with Crippen LogP contribution in [0.4, 0.5) is 11.4 Å². The van der Waals surface area contributed by atoms with Crippen molar-refractivity contribution in [1.82, 2.24) is 9.55 Å². The molecule has 0 saturated carbocycles. The molecule has 0 bridgehead atoms. The molecule has 1 aliphatic heterocycles. The Morgan fingerprint density at radius 1 is 1.09 bits per heavy atom. The third-order valence-corrected chi connectivity index (χ3v) is 6.39. The van der Waals surface area contributed by atoms with Crippen molar-refractivity contribution in [1.29, 1.82) is 0 Å². The molecule has 33 heavy (non-hydrogen) atoms. The van der Waals surface area contributed by atoms with E-state index in [2.05, 4.69) is 53.6 Å². The lowest BCUT2D eigenvalue weighted by Crippen LogP contribution is -2.32. The minimum atomic E-state index is -0.462. The summed E-state index contributed by atoms with van der Waals surface area (Å²) in [6.45, 7) is 7.96.